The highest BCUT2D eigenvalue weighted by Gasteiger charge is 2.40. The van der Waals surface area contributed by atoms with Gasteiger partial charge in [-0.25, -0.2) is 0 Å². The molecule has 3 nitrogen and oxygen atoms in total. The quantitative estimate of drug-likeness (QED) is 0.611. The molecule has 3 unspecified atom stereocenters. The molecular weight excluding hydrogens is 288 g/mol. The smallest absolute Gasteiger partial charge is 0.119 e. The van der Waals surface area contributed by atoms with Crippen molar-refractivity contribution in [1.82, 2.24) is 0 Å². The van der Waals surface area contributed by atoms with E-state index in [1.54, 1.807) is 0 Å². The second-order valence-electron chi connectivity index (χ2n) is 7.86. The first kappa shape index (κ1) is 18.1. The first-order chi connectivity index (χ1) is 10.7. The summed E-state index contributed by atoms with van der Waals surface area (Å²) in [6.07, 6.45) is 9.67. The Morgan fingerprint density at radius 2 is 1.91 bits per heavy atom. The van der Waals surface area contributed by atoms with Gasteiger partial charge in [-0.05, 0) is 57.9 Å². The topological polar surface area (TPSA) is 60.7 Å². The molecule has 0 heterocycles. The van der Waals surface area contributed by atoms with Crippen LogP contribution >= 0.6 is 0 Å². The lowest BCUT2D eigenvalue weighted by Crippen LogP contribution is -2.39. The Labute approximate surface area is 140 Å². The minimum atomic E-state index is -0.839. The summed E-state index contributed by atoms with van der Waals surface area (Å²) in [5.74, 6) is 0.613. The van der Waals surface area contributed by atoms with Gasteiger partial charge in [0.1, 0.15) is 11.5 Å². The van der Waals surface area contributed by atoms with Crippen LogP contribution in [0, 0.1) is 17.8 Å². The van der Waals surface area contributed by atoms with Crippen molar-refractivity contribution in [2.24, 2.45) is 17.8 Å². The summed E-state index contributed by atoms with van der Waals surface area (Å²) < 4.78 is 0. The molecule has 0 aromatic rings. The van der Waals surface area contributed by atoms with Crippen molar-refractivity contribution in [3.63, 3.8) is 0 Å². The number of unbranched alkanes of at least 4 members (excludes halogenated alkanes) is 1. The molecule has 2 rings (SSSR count). The molecule has 0 aromatic carbocycles. The van der Waals surface area contributed by atoms with Crippen molar-refractivity contribution >= 4 is 0 Å². The summed E-state index contributed by atoms with van der Waals surface area (Å²) >= 11 is 0. The maximum Gasteiger partial charge on any atom is 0.119 e. The third kappa shape index (κ3) is 4.20. The Morgan fingerprint density at radius 1 is 1.22 bits per heavy atom. The van der Waals surface area contributed by atoms with Crippen molar-refractivity contribution in [3.8, 4) is 0 Å². The highest BCUT2D eigenvalue weighted by molar-refractivity contribution is 5.39. The van der Waals surface area contributed by atoms with Crippen LogP contribution in [0.15, 0.2) is 34.8 Å². The summed E-state index contributed by atoms with van der Waals surface area (Å²) in [7, 11) is 0. The minimum absolute atomic E-state index is 0.00564. The van der Waals surface area contributed by atoms with Crippen LogP contribution in [-0.2, 0) is 0 Å². The van der Waals surface area contributed by atoms with E-state index in [1.807, 2.05) is 19.9 Å². The van der Waals surface area contributed by atoms with E-state index in [2.05, 4.69) is 19.9 Å². The lowest BCUT2D eigenvalue weighted by Gasteiger charge is -2.40. The van der Waals surface area contributed by atoms with E-state index in [1.165, 1.54) is 5.57 Å². The Balaban J connectivity index is 2.31. The monoisotopic (exact) mass is 320 g/mol. The van der Waals surface area contributed by atoms with Crippen molar-refractivity contribution in [3.05, 3.63) is 34.8 Å². The predicted molar refractivity (Wildman–Crippen MR) is 94.3 cm³/mol. The van der Waals surface area contributed by atoms with Crippen LogP contribution in [0.4, 0.5) is 0 Å². The number of aliphatic hydroxyl groups excluding tert-OH is 2. The maximum absolute atomic E-state index is 10.6. The van der Waals surface area contributed by atoms with Gasteiger partial charge in [0.15, 0.2) is 0 Å². The van der Waals surface area contributed by atoms with Gasteiger partial charge in [0.25, 0.3) is 0 Å². The third-order valence-electron chi connectivity index (χ3n) is 5.35. The van der Waals surface area contributed by atoms with Gasteiger partial charge in [-0.3, -0.25) is 0 Å². The van der Waals surface area contributed by atoms with Gasteiger partial charge in [-0.2, -0.15) is 0 Å². The second kappa shape index (κ2) is 7.12. The highest BCUT2D eigenvalue weighted by atomic mass is 16.3. The van der Waals surface area contributed by atoms with Crippen LogP contribution in [-0.4, -0.2) is 20.9 Å². The molecule has 0 spiro atoms. The van der Waals surface area contributed by atoms with E-state index in [-0.39, 0.29) is 23.5 Å². The summed E-state index contributed by atoms with van der Waals surface area (Å²) in [6.45, 7) is 7.88. The van der Waals surface area contributed by atoms with Crippen LogP contribution in [0.25, 0.3) is 0 Å². The number of allylic oxidation sites excluding steroid dienone is 5. The fraction of sp³-hybridized carbons (Fsp3) is 0.700. The Kier molecular flexibility index (Phi) is 5.61. The molecule has 0 saturated heterocycles. The molecule has 0 amide bonds. The molecule has 0 aliphatic heterocycles. The molecule has 2 aliphatic carbocycles. The van der Waals surface area contributed by atoms with Crippen LogP contribution in [0.2, 0.25) is 0 Å². The maximum atomic E-state index is 10.6. The highest BCUT2D eigenvalue weighted by Crippen LogP contribution is 2.44. The number of hydrogen-bond donors (Lipinski definition) is 3. The van der Waals surface area contributed by atoms with Crippen molar-refractivity contribution in [2.75, 3.05) is 0 Å². The Bertz CT molecular complexity index is 519. The molecule has 130 valence electrons. The van der Waals surface area contributed by atoms with Crippen LogP contribution in [0.5, 0.6) is 0 Å². The number of aliphatic hydroxyl groups is 3. The summed E-state index contributed by atoms with van der Waals surface area (Å²) in [6, 6.07) is 0. The summed E-state index contributed by atoms with van der Waals surface area (Å²) in [4.78, 5) is 0. The Hall–Kier alpha value is -1.22. The van der Waals surface area contributed by atoms with E-state index in [4.69, 9.17) is 0 Å². The van der Waals surface area contributed by atoms with Crippen LogP contribution in [0.3, 0.4) is 0 Å². The van der Waals surface area contributed by atoms with Crippen LogP contribution in [0.1, 0.15) is 66.2 Å². The average molecular weight is 320 g/mol. The molecule has 0 aromatic heterocycles. The van der Waals surface area contributed by atoms with Gasteiger partial charge in [0, 0.05) is 17.9 Å². The largest absolute Gasteiger partial charge is 0.512 e. The van der Waals surface area contributed by atoms with Gasteiger partial charge in [0.2, 0.25) is 0 Å². The number of hydrogen-bond acceptors (Lipinski definition) is 3. The van der Waals surface area contributed by atoms with Crippen LogP contribution < -0.4 is 0 Å². The zero-order chi connectivity index (χ0) is 17.2. The fourth-order valence-corrected chi connectivity index (χ4v) is 4.04. The fourth-order valence-electron chi connectivity index (χ4n) is 4.04. The molecule has 23 heavy (non-hydrogen) atoms. The summed E-state index contributed by atoms with van der Waals surface area (Å²) in [5, 5.41) is 31.7. The molecule has 2 aliphatic rings. The lowest BCUT2D eigenvalue weighted by molar-refractivity contribution is -0.00320. The number of rotatable bonds is 5. The average Bonchev–Trinajstić information content (AvgIpc) is 2.43. The zero-order valence-corrected chi connectivity index (χ0v) is 15.0. The van der Waals surface area contributed by atoms with Crippen molar-refractivity contribution in [2.45, 2.75) is 71.8 Å². The molecule has 3 atom stereocenters. The molecule has 0 fully saturated rings. The Morgan fingerprint density at radius 3 is 2.48 bits per heavy atom. The molecular formula is C20H32O3. The van der Waals surface area contributed by atoms with E-state index in [0.717, 1.165) is 32.1 Å². The lowest BCUT2D eigenvalue weighted by atomic mass is 9.68. The molecule has 0 bridgehead atoms. The van der Waals surface area contributed by atoms with Gasteiger partial charge < -0.3 is 15.3 Å². The SMILES string of the molecule is CCCCC1C=C(O)C(C2C=C(C)CCC2C(C)(C)O)=C(O)C1. The zero-order valence-electron chi connectivity index (χ0n) is 15.0. The van der Waals surface area contributed by atoms with E-state index in [9.17, 15) is 15.3 Å². The van der Waals surface area contributed by atoms with Gasteiger partial charge in [-0.1, -0.05) is 31.4 Å². The van der Waals surface area contributed by atoms with Crippen molar-refractivity contribution in [1.29, 1.82) is 0 Å². The molecule has 0 saturated carbocycles. The van der Waals surface area contributed by atoms with Crippen molar-refractivity contribution < 1.29 is 15.3 Å². The van der Waals surface area contributed by atoms with Gasteiger partial charge >= 0.3 is 0 Å². The standard InChI is InChI=1S/C20H32O3/c1-5-6-7-14-11-17(21)19(18(22)12-14)15-10-13(2)8-9-16(15)20(3,4)23/h10-11,14-16,21-23H,5-9,12H2,1-4H3. The normalized spacial score (nSPS) is 29.3. The summed E-state index contributed by atoms with van der Waals surface area (Å²) in [5.41, 5.74) is 1.05. The molecule has 0 radical (unpaired) electrons. The predicted octanol–water partition coefficient (Wildman–Crippen LogP) is 5.19. The molecule has 3 N–H and O–H groups in total. The first-order valence-corrected chi connectivity index (χ1v) is 8.96. The van der Waals surface area contributed by atoms with E-state index >= 15 is 0 Å². The first-order valence-electron chi connectivity index (χ1n) is 8.96. The van der Waals surface area contributed by atoms with E-state index < -0.39 is 5.60 Å². The van der Waals surface area contributed by atoms with E-state index in [0.29, 0.717) is 17.8 Å². The van der Waals surface area contributed by atoms with Gasteiger partial charge in [-0.15, -0.1) is 0 Å². The van der Waals surface area contributed by atoms with Gasteiger partial charge in [0.05, 0.1) is 5.60 Å². The third-order valence-corrected chi connectivity index (χ3v) is 5.35. The molecule has 3 heteroatoms. The second-order valence-corrected chi connectivity index (χ2v) is 7.86. The minimum Gasteiger partial charge on any atom is -0.512 e.